The number of Topliss-reactive ketones (excluding diaryl/α,β-unsaturated/α-hetero) is 1. The van der Waals surface area contributed by atoms with Gasteiger partial charge in [-0.3, -0.25) is 14.5 Å². The summed E-state index contributed by atoms with van der Waals surface area (Å²) in [4.78, 5) is 35.5. The van der Waals surface area contributed by atoms with Gasteiger partial charge in [-0.25, -0.2) is 9.83 Å². The average Bonchev–Trinajstić information content (AvgIpc) is 3.58. The average molecular weight is 475 g/mol. The molecule has 8 nitrogen and oxygen atoms in total. The Kier molecular flexibility index (Phi) is 5.00. The molecule has 6 rings (SSSR count). The minimum absolute atomic E-state index is 0.0700. The van der Waals surface area contributed by atoms with Crippen LogP contribution in [0.3, 0.4) is 0 Å². The summed E-state index contributed by atoms with van der Waals surface area (Å²) in [5.74, 6) is 1.38. The van der Waals surface area contributed by atoms with Gasteiger partial charge >= 0.3 is 0 Å². The molecule has 0 atom stereocenters. The van der Waals surface area contributed by atoms with Crippen molar-refractivity contribution in [3.8, 4) is 22.5 Å². The maximum absolute atomic E-state index is 13.4. The van der Waals surface area contributed by atoms with Crippen LogP contribution < -0.4 is 4.90 Å². The predicted octanol–water partition coefficient (Wildman–Crippen LogP) is 5.34. The summed E-state index contributed by atoms with van der Waals surface area (Å²) in [5.41, 5.74) is 6.02. The Morgan fingerprint density at radius 3 is 2.58 bits per heavy atom. The molecule has 4 aromatic rings. The van der Waals surface area contributed by atoms with Crippen molar-refractivity contribution in [2.75, 3.05) is 4.90 Å². The molecule has 2 aromatic heterocycles. The number of ketones is 1. The van der Waals surface area contributed by atoms with Crippen LogP contribution in [0.15, 0.2) is 54.9 Å². The van der Waals surface area contributed by atoms with Gasteiger partial charge < -0.3 is 4.57 Å². The number of carbonyl (C=O) groups excluding carboxylic acids is 2. The van der Waals surface area contributed by atoms with Gasteiger partial charge in [0.05, 0.1) is 13.1 Å². The lowest BCUT2D eigenvalue weighted by molar-refractivity contribution is 0.0995. The number of amides is 1. The van der Waals surface area contributed by atoms with Gasteiger partial charge in [0.2, 0.25) is 0 Å². The van der Waals surface area contributed by atoms with Crippen molar-refractivity contribution in [3.63, 3.8) is 0 Å². The van der Waals surface area contributed by atoms with Gasteiger partial charge in [0.25, 0.3) is 5.91 Å². The van der Waals surface area contributed by atoms with E-state index in [1.54, 1.807) is 29.4 Å². The molecular formula is C28H22N6O2. The molecule has 1 aliphatic heterocycles. The monoisotopic (exact) mass is 474 g/mol. The molecular weight excluding hydrogens is 452 g/mol. The van der Waals surface area contributed by atoms with Gasteiger partial charge in [-0.05, 0) is 60.7 Å². The summed E-state index contributed by atoms with van der Waals surface area (Å²) >= 11 is 0. The van der Waals surface area contributed by atoms with Crippen LogP contribution in [-0.2, 0) is 13.6 Å². The molecule has 8 heteroatoms. The molecule has 3 heterocycles. The molecule has 1 fully saturated rings. The SMILES string of the molecule is [C-]#[N+]c1ccc(-c2cc(C3CC3)nc(N3Cc4ccc(C(C)=O)cc4C3=O)c2)c(-c2nncn2C)c1. The molecule has 0 radical (unpaired) electrons. The van der Waals surface area contributed by atoms with E-state index in [9.17, 15) is 9.59 Å². The number of nitrogens with zero attached hydrogens (tertiary/aromatic N) is 6. The maximum atomic E-state index is 13.4. The Hall–Kier alpha value is -4.64. The molecule has 1 saturated carbocycles. The second-order valence-electron chi connectivity index (χ2n) is 9.34. The van der Waals surface area contributed by atoms with Crippen LogP contribution in [-0.4, -0.2) is 31.4 Å². The van der Waals surface area contributed by atoms with Gasteiger partial charge in [0, 0.05) is 35.3 Å². The summed E-state index contributed by atoms with van der Waals surface area (Å²) < 4.78 is 1.82. The fourth-order valence-electron chi connectivity index (χ4n) is 4.69. The zero-order chi connectivity index (χ0) is 25.0. The molecule has 0 spiro atoms. The first-order valence-corrected chi connectivity index (χ1v) is 11.8. The molecule has 0 unspecified atom stereocenters. The topological polar surface area (TPSA) is 85.3 Å². The number of hydrogen-bond acceptors (Lipinski definition) is 5. The van der Waals surface area contributed by atoms with Crippen LogP contribution in [0.2, 0.25) is 0 Å². The fraction of sp³-hybridized carbons (Fsp3) is 0.214. The number of rotatable bonds is 5. The van der Waals surface area contributed by atoms with E-state index in [0.717, 1.165) is 40.8 Å². The highest BCUT2D eigenvalue weighted by molar-refractivity contribution is 6.11. The van der Waals surface area contributed by atoms with Crippen LogP contribution in [0.5, 0.6) is 0 Å². The number of fused-ring (bicyclic) bond motifs is 1. The summed E-state index contributed by atoms with van der Waals surface area (Å²) in [6, 6.07) is 14.8. The van der Waals surface area contributed by atoms with E-state index in [4.69, 9.17) is 11.6 Å². The fourth-order valence-corrected chi connectivity index (χ4v) is 4.69. The molecule has 0 saturated heterocycles. The quantitative estimate of drug-likeness (QED) is 0.288. The molecule has 176 valence electrons. The molecule has 0 bridgehead atoms. The van der Waals surface area contributed by atoms with Gasteiger partial charge in [-0.1, -0.05) is 24.3 Å². The van der Waals surface area contributed by atoms with Crippen LogP contribution in [0.4, 0.5) is 11.5 Å². The number of aromatic nitrogens is 4. The Balaban J connectivity index is 1.48. The molecule has 1 aliphatic carbocycles. The number of benzene rings is 2. The molecule has 1 amide bonds. The second-order valence-corrected chi connectivity index (χ2v) is 9.34. The Morgan fingerprint density at radius 2 is 1.89 bits per heavy atom. The number of anilines is 1. The summed E-state index contributed by atoms with van der Waals surface area (Å²) in [7, 11) is 1.87. The third-order valence-electron chi connectivity index (χ3n) is 6.82. The number of pyridine rings is 1. The lowest BCUT2D eigenvalue weighted by atomic mass is 9.97. The smallest absolute Gasteiger partial charge is 0.260 e. The van der Waals surface area contributed by atoms with E-state index in [1.165, 1.54) is 6.92 Å². The Labute approximate surface area is 208 Å². The normalized spacial score (nSPS) is 14.6. The highest BCUT2D eigenvalue weighted by Gasteiger charge is 2.32. The summed E-state index contributed by atoms with van der Waals surface area (Å²) in [6.45, 7) is 9.38. The predicted molar refractivity (Wildman–Crippen MR) is 135 cm³/mol. The number of hydrogen-bond donors (Lipinski definition) is 0. The second kappa shape index (κ2) is 8.24. The van der Waals surface area contributed by atoms with E-state index in [-0.39, 0.29) is 11.7 Å². The lowest BCUT2D eigenvalue weighted by Crippen LogP contribution is -2.24. The number of aryl methyl sites for hydroxylation is 1. The van der Waals surface area contributed by atoms with Crippen molar-refractivity contribution in [1.29, 1.82) is 0 Å². The zero-order valence-corrected chi connectivity index (χ0v) is 19.9. The van der Waals surface area contributed by atoms with E-state index in [2.05, 4.69) is 21.1 Å². The van der Waals surface area contributed by atoms with Crippen molar-refractivity contribution in [2.45, 2.75) is 32.2 Å². The van der Waals surface area contributed by atoms with Crippen molar-refractivity contribution in [3.05, 3.63) is 88.7 Å². The highest BCUT2D eigenvalue weighted by atomic mass is 16.2. The zero-order valence-electron chi connectivity index (χ0n) is 19.9. The molecule has 2 aliphatic rings. The molecule has 0 N–H and O–H groups in total. The number of carbonyl (C=O) groups is 2. The standard InChI is InChI=1S/C28H22N6O2/c1-16(35)18-6-7-19-14-34(28(36)23(19)10-18)26-12-20(11-25(31-26)17-4-5-17)22-9-8-21(29-2)13-24(22)27-32-30-15-33(27)3/h6-13,15,17H,4-5,14H2,1,3H3. The first-order valence-electron chi connectivity index (χ1n) is 11.8. The minimum atomic E-state index is -0.156. The molecule has 36 heavy (non-hydrogen) atoms. The van der Waals surface area contributed by atoms with Gasteiger partial charge in [-0.2, -0.15) is 0 Å². The van der Waals surface area contributed by atoms with Crippen molar-refractivity contribution in [1.82, 2.24) is 19.7 Å². The van der Waals surface area contributed by atoms with Crippen molar-refractivity contribution < 1.29 is 9.59 Å². The molecule has 2 aromatic carbocycles. The van der Waals surface area contributed by atoms with E-state index >= 15 is 0 Å². The Bertz CT molecular complexity index is 1610. The van der Waals surface area contributed by atoms with Gasteiger partial charge in [-0.15, -0.1) is 10.2 Å². The lowest BCUT2D eigenvalue weighted by Gasteiger charge is -2.18. The van der Waals surface area contributed by atoms with Crippen molar-refractivity contribution >= 4 is 23.2 Å². The highest BCUT2D eigenvalue weighted by Crippen LogP contribution is 2.43. The van der Waals surface area contributed by atoms with Crippen LogP contribution >= 0.6 is 0 Å². The summed E-state index contributed by atoms with van der Waals surface area (Å²) in [6.07, 6.45) is 3.77. The first kappa shape index (κ1) is 21.9. The largest absolute Gasteiger partial charge is 0.317 e. The van der Waals surface area contributed by atoms with Gasteiger partial charge in [0.1, 0.15) is 12.1 Å². The van der Waals surface area contributed by atoms with Crippen LogP contribution in [0, 0.1) is 6.57 Å². The third-order valence-corrected chi connectivity index (χ3v) is 6.82. The maximum Gasteiger partial charge on any atom is 0.260 e. The third kappa shape index (κ3) is 3.66. The van der Waals surface area contributed by atoms with Crippen molar-refractivity contribution in [2.24, 2.45) is 7.05 Å². The Morgan fingerprint density at radius 1 is 1.06 bits per heavy atom. The minimum Gasteiger partial charge on any atom is -0.317 e. The van der Waals surface area contributed by atoms with Crippen LogP contribution in [0.1, 0.15) is 57.7 Å². The summed E-state index contributed by atoms with van der Waals surface area (Å²) in [5, 5.41) is 8.30. The van der Waals surface area contributed by atoms with E-state index in [1.807, 2.05) is 35.9 Å². The van der Waals surface area contributed by atoms with E-state index in [0.29, 0.717) is 40.9 Å². The first-order chi connectivity index (χ1) is 17.4. The van der Waals surface area contributed by atoms with Crippen LogP contribution in [0.25, 0.3) is 27.4 Å². The van der Waals surface area contributed by atoms with Gasteiger partial charge in [0.15, 0.2) is 17.3 Å². The van der Waals surface area contributed by atoms with E-state index < -0.39 is 0 Å².